The van der Waals surface area contributed by atoms with Crippen molar-refractivity contribution in [3.05, 3.63) is 40.4 Å². The third-order valence-electron chi connectivity index (χ3n) is 1.88. The molecule has 0 fully saturated rings. The second kappa shape index (κ2) is 6.72. The lowest BCUT2D eigenvalue weighted by Gasteiger charge is -2.10. The molecule has 0 atom stereocenters. The Balaban J connectivity index is 2.66. The van der Waals surface area contributed by atoms with Crippen molar-refractivity contribution in [1.29, 1.82) is 0 Å². The van der Waals surface area contributed by atoms with E-state index in [2.05, 4.69) is 5.32 Å². The molecule has 0 saturated carbocycles. The Morgan fingerprint density at radius 3 is 2.87 bits per heavy atom. The van der Waals surface area contributed by atoms with Crippen molar-refractivity contribution < 1.29 is 4.74 Å². The Morgan fingerprint density at radius 2 is 2.20 bits per heavy atom. The van der Waals surface area contributed by atoms with Gasteiger partial charge < -0.3 is 10.1 Å². The van der Waals surface area contributed by atoms with Crippen molar-refractivity contribution in [2.45, 2.75) is 6.61 Å². The van der Waals surface area contributed by atoms with Gasteiger partial charge in [-0.25, -0.2) is 0 Å². The highest BCUT2D eigenvalue weighted by Gasteiger charge is 2.00. The molecule has 0 unspecified atom stereocenters. The Kier molecular flexibility index (Phi) is 5.54. The third kappa shape index (κ3) is 4.12. The van der Waals surface area contributed by atoms with Crippen LogP contribution in [0.3, 0.4) is 0 Å². The molecule has 0 aromatic heterocycles. The van der Waals surface area contributed by atoms with Gasteiger partial charge in [0.1, 0.15) is 0 Å². The lowest BCUT2D eigenvalue weighted by atomic mass is 10.2. The number of anilines is 1. The van der Waals surface area contributed by atoms with Gasteiger partial charge in [0.15, 0.2) is 0 Å². The Bertz CT molecular complexity index is 339. The number of hydrogen-bond acceptors (Lipinski definition) is 2. The van der Waals surface area contributed by atoms with E-state index in [1.165, 1.54) is 5.54 Å². The summed E-state index contributed by atoms with van der Waals surface area (Å²) in [5.74, 6) is 0. The van der Waals surface area contributed by atoms with E-state index in [0.29, 0.717) is 18.2 Å². The van der Waals surface area contributed by atoms with Gasteiger partial charge in [-0.3, -0.25) is 0 Å². The van der Waals surface area contributed by atoms with Gasteiger partial charge >= 0.3 is 0 Å². The van der Waals surface area contributed by atoms with Crippen molar-refractivity contribution >= 4 is 28.9 Å². The van der Waals surface area contributed by atoms with Crippen LogP contribution < -0.4 is 5.32 Å². The second-order valence-electron chi connectivity index (χ2n) is 3.00. The summed E-state index contributed by atoms with van der Waals surface area (Å²) in [7, 11) is 1.67. The first-order valence-corrected chi connectivity index (χ1v) is 5.35. The van der Waals surface area contributed by atoms with Crippen LogP contribution >= 0.6 is 23.2 Å². The van der Waals surface area contributed by atoms with Crippen molar-refractivity contribution in [3.63, 3.8) is 0 Å². The lowest BCUT2D eigenvalue weighted by molar-refractivity contribution is 0.185. The molecule has 1 aromatic carbocycles. The maximum Gasteiger partial charge on any atom is 0.0733 e. The number of halogens is 2. The van der Waals surface area contributed by atoms with E-state index < -0.39 is 0 Å². The molecule has 15 heavy (non-hydrogen) atoms. The molecule has 4 heteroatoms. The van der Waals surface area contributed by atoms with Crippen LogP contribution in [0.5, 0.6) is 0 Å². The van der Waals surface area contributed by atoms with Gasteiger partial charge in [-0.1, -0.05) is 41.4 Å². The lowest BCUT2D eigenvalue weighted by Crippen LogP contribution is -2.04. The average Bonchev–Trinajstić information content (AvgIpc) is 2.28. The first-order valence-electron chi connectivity index (χ1n) is 4.53. The summed E-state index contributed by atoms with van der Waals surface area (Å²) in [5.41, 5.74) is 3.46. The van der Waals surface area contributed by atoms with Crippen molar-refractivity contribution in [2.24, 2.45) is 0 Å². The van der Waals surface area contributed by atoms with Crippen LogP contribution in [0.25, 0.3) is 0 Å². The number of benzene rings is 1. The van der Waals surface area contributed by atoms with E-state index in [-0.39, 0.29) is 0 Å². The van der Waals surface area contributed by atoms with E-state index in [4.69, 9.17) is 27.9 Å². The molecule has 0 heterocycles. The smallest absolute Gasteiger partial charge is 0.0733 e. The van der Waals surface area contributed by atoms with E-state index in [1.807, 2.05) is 24.3 Å². The Morgan fingerprint density at radius 1 is 1.47 bits per heavy atom. The first-order chi connectivity index (χ1) is 7.27. The maximum absolute atomic E-state index is 5.78. The van der Waals surface area contributed by atoms with E-state index in [1.54, 1.807) is 7.11 Å². The summed E-state index contributed by atoms with van der Waals surface area (Å²) in [6, 6.07) is 7.91. The summed E-state index contributed by atoms with van der Waals surface area (Å²) in [6.45, 7) is 1.09. The van der Waals surface area contributed by atoms with Crippen LogP contribution in [0.1, 0.15) is 5.56 Å². The highest BCUT2D eigenvalue weighted by atomic mass is 35.5. The fraction of sp³-hybridized carbons (Fsp3) is 0.273. The normalized spacial score (nSPS) is 11.5. The van der Waals surface area contributed by atoms with Crippen LogP contribution in [0, 0.1) is 0 Å². The number of hydrogen-bond donors (Lipinski definition) is 1. The van der Waals surface area contributed by atoms with E-state index >= 15 is 0 Å². The fourth-order valence-corrected chi connectivity index (χ4v) is 1.34. The summed E-state index contributed by atoms with van der Waals surface area (Å²) in [4.78, 5) is 0. The molecule has 0 radical (unpaired) electrons. The van der Waals surface area contributed by atoms with Crippen molar-refractivity contribution in [2.75, 3.05) is 19.0 Å². The Hall–Kier alpha value is -0.700. The zero-order valence-electron chi connectivity index (χ0n) is 8.47. The molecule has 0 saturated heterocycles. The molecule has 82 valence electrons. The maximum atomic E-state index is 5.78. The number of nitrogens with one attached hydrogen (secondary N) is 1. The average molecular weight is 246 g/mol. The molecule has 0 aliphatic heterocycles. The number of ether oxygens (including phenoxy) is 1. The SMILES string of the molecule is COCc1ccccc1NCC(Cl)=CCl. The quantitative estimate of drug-likeness (QED) is 0.857. The summed E-state index contributed by atoms with van der Waals surface area (Å²) in [6.07, 6.45) is 0. The molecule has 0 aliphatic carbocycles. The van der Waals surface area contributed by atoms with E-state index in [9.17, 15) is 0 Å². The van der Waals surface area contributed by atoms with Gasteiger partial charge in [-0.15, -0.1) is 0 Å². The molecular weight excluding hydrogens is 233 g/mol. The largest absolute Gasteiger partial charge is 0.380 e. The van der Waals surface area contributed by atoms with Gasteiger partial charge in [0, 0.05) is 28.9 Å². The van der Waals surface area contributed by atoms with Crippen LogP contribution in [0.2, 0.25) is 0 Å². The first kappa shape index (κ1) is 12.4. The predicted molar refractivity (Wildman–Crippen MR) is 65.4 cm³/mol. The number of rotatable bonds is 5. The third-order valence-corrected chi connectivity index (χ3v) is 2.50. The topological polar surface area (TPSA) is 21.3 Å². The van der Waals surface area contributed by atoms with Gasteiger partial charge in [0.05, 0.1) is 13.2 Å². The molecule has 2 nitrogen and oxygen atoms in total. The standard InChI is InChI=1S/C11H13Cl2NO/c1-15-8-9-4-2-3-5-11(9)14-7-10(13)6-12/h2-6,14H,7-8H2,1H3. The predicted octanol–water partition coefficient (Wildman–Crippen LogP) is 3.56. The zero-order chi connectivity index (χ0) is 11.1. The molecule has 1 N–H and O–H groups in total. The van der Waals surface area contributed by atoms with Crippen LogP contribution in [-0.4, -0.2) is 13.7 Å². The fourth-order valence-electron chi connectivity index (χ4n) is 1.19. The highest BCUT2D eigenvalue weighted by Crippen LogP contribution is 2.16. The number of methoxy groups -OCH3 is 1. The van der Waals surface area contributed by atoms with Gasteiger partial charge in [0.25, 0.3) is 0 Å². The summed E-state index contributed by atoms with van der Waals surface area (Å²) < 4.78 is 5.09. The second-order valence-corrected chi connectivity index (χ2v) is 3.70. The van der Waals surface area contributed by atoms with E-state index in [0.717, 1.165) is 11.3 Å². The van der Waals surface area contributed by atoms with Crippen molar-refractivity contribution in [3.8, 4) is 0 Å². The van der Waals surface area contributed by atoms with Crippen molar-refractivity contribution in [1.82, 2.24) is 0 Å². The summed E-state index contributed by atoms with van der Waals surface area (Å²) >= 11 is 11.2. The minimum absolute atomic E-state index is 0.520. The molecule has 1 aromatic rings. The molecule has 0 aliphatic rings. The molecule has 1 rings (SSSR count). The highest BCUT2D eigenvalue weighted by molar-refractivity contribution is 6.36. The molecule has 0 spiro atoms. The van der Waals surface area contributed by atoms with Gasteiger partial charge in [0.2, 0.25) is 0 Å². The Labute approximate surface area is 99.8 Å². The van der Waals surface area contributed by atoms with Crippen LogP contribution in [0.4, 0.5) is 5.69 Å². The van der Waals surface area contributed by atoms with Gasteiger partial charge in [-0.05, 0) is 6.07 Å². The summed E-state index contributed by atoms with van der Waals surface area (Å²) in [5, 5.41) is 3.76. The van der Waals surface area contributed by atoms with Gasteiger partial charge in [-0.2, -0.15) is 0 Å². The van der Waals surface area contributed by atoms with Crippen LogP contribution in [0.15, 0.2) is 34.8 Å². The number of para-hydroxylation sites is 1. The monoisotopic (exact) mass is 245 g/mol. The van der Waals surface area contributed by atoms with Crippen LogP contribution in [-0.2, 0) is 11.3 Å². The molecule has 0 bridgehead atoms. The molecule has 0 amide bonds. The zero-order valence-corrected chi connectivity index (χ0v) is 9.98. The minimum atomic E-state index is 0.520. The minimum Gasteiger partial charge on any atom is -0.380 e. The molecular formula is C11H13Cl2NO.